The molecule has 6 aliphatic rings. The largest absolute Gasteiger partial charge is 0.504 e. The second-order valence-corrected chi connectivity index (χ2v) is 13.7. The monoisotopic (exact) mass is 670 g/mol. The molecule has 0 amide bonds. The summed E-state index contributed by atoms with van der Waals surface area (Å²) in [5.41, 5.74) is 4.08. The molecule has 14 heteroatoms. The number of hydrogen-bond donors (Lipinski definition) is 3. The third-order valence-corrected chi connectivity index (χ3v) is 11.0. The van der Waals surface area contributed by atoms with E-state index in [-0.39, 0.29) is 31.3 Å². The first-order valence-electron chi connectivity index (χ1n) is 15.8. The van der Waals surface area contributed by atoms with Crippen LogP contribution in [0.4, 0.5) is 0 Å². The fourth-order valence-corrected chi connectivity index (χ4v) is 9.35. The number of aromatic hydroxyl groups is 1. The molecule has 47 heavy (non-hydrogen) atoms. The molecule has 252 valence electrons. The minimum atomic E-state index is -1.19. The van der Waals surface area contributed by atoms with Crippen LogP contribution >= 0.6 is 11.8 Å². The van der Waals surface area contributed by atoms with Gasteiger partial charge in [-0.3, -0.25) is 14.5 Å². The van der Waals surface area contributed by atoms with Crippen LogP contribution in [-0.4, -0.2) is 83.7 Å². The smallest absolute Gasteiger partial charge is 0.348 e. The van der Waals surface area contributed by atoms with Gasteiger partial charge in [-0.1, -0.05) is 13.0 Å². The van der Waals surface area contributed by atoms with Gasteiger partial charge in [-0.25, -0.2) is 4.79 Å². The lowest BCUT2D eigenvalue weighted by atomic mass is 9.74. The zero-order chi connectivity index (χ0) is 33.3. The summed E-state index contributed by atoms with van der Waals surface area (Å²) in [7, 11) is 1.51. The standard InChI is InChI=1S/C33H38N2O11S/c1-6-7-20(37)46-19-11-47-31-23-22(30-29(43-12-44-30)14(3)28(23)45-15(4)36)18(10-42-33(19)40)35-25(31)24-21-16(9-17(34-24)32(35)39)8-13(2)27(41-5)26(21)38/h8,17-19,24-25,31-32,34,38-39H,6-7,9-12H2,1-5H3/t17-,18+,19+,24+,25?,31-,32+/m1/s1. The third-order valence-electron chi connectivity index (χ3n) is 9.67. The molecule has 13 nitrogen and oxygen atoms in total. The van der Waals surface area contributed by atoms with Crippen molar-refractivity contribution in [3.63, 3.8) is 0 Å². The third kappa shape index (κ3) is 4.99. The van der Waals surface area contributed by atoms with Crippen molar-refractivity contribution in [1.29, 1.82) is 0 Å². The number of rotatable bonds is 5. The molecule has 2 saturated heterocycles. The second kappa shape index (κ2) is 12.1. The summed E-state index contributed by atoms with van der Waals surface area (Å²) in [6, 6.07) is -0.366. The van der Waals surface area contributed by atoms with Gasteiger partial charge in [-0.15, -0.1) is 11.8 Å². The highest BCUT2D eigenvalue weighted by molar-refractivity contribution is 7.99. The van der Waals surface area contributed by atoms with Crippen LogP contribution in [0, 0.1) is 13.8 Å². The number of ether oxygens (including phenoxy) is 6. The fraction of sp³-hybridized carbons (Fsp3) is 0.545. The average Bonchev–Trinajstić information content (AvgIpc) is 3.52. The predicted molar refractivity (Wildman–Crippen MR) is 167 cm³/mol. The van der Waals surface area contributed by atoms with E-state index >= 15 is 0 Å². The lowest BCUT2D eigenvalue weighted by Gasteiger charge is -2.59. The Hall–Kier alpha value is -3.72. The Labute approximate surface area is 275 Å². The molecule has 0 radical (unpaired) electrons. The number of aliphatic hydroxyl groups is 1. The molecule has 0 aliphatic carbocycles. The van der Waals surface area contributed by atoms with Crippen molar-refractivity contribution in [3.05, 3.63) is 39.4 Å². The van der Waals surface area contributed by atoms with Crippen LogP contribution in [0.2, 0.25) is 0 Å². The van der Waals surface area contributed by atoms with E-state index in [1.54, 1.807) is 6.92 Å². The molecule has 3 N–H and O–H groups in total. The Morgan fingerprint density at radius 1 is 1.13 bits per heavy atom. The first-order chi connectivity index (χ1) is 22.5. The maximum atomic E-state index is 13.4. The zero-order valence-electron chi connectivity index (χ0n) is 26.8. The van der Waals surface area contributed by atoms with Crippen molar-refractivity contribution in [2.45, 2.75) is 88.7 Å². The van der Waals surface area contributed by atoms with Crippen molar-refractivity contribution in [3.8, 4) is 28.7 Å². The molecule has 6 aliphatic heterocycles. The minimum Gasteiger partial charge on any atom is -0.504 e. The Bertz CT molecular complexity index is 1660. The van der Waals surface area contributed by atoms with E-state index in [1.165, 1.54) is 25.8 Å². The van der Waals surface area contributed by atoms with E-state index in [2.05, 4.69) is 5.32 Å². The van der Waals surface area contributed by atoms with Gasteiger partial charge in [0.25, 0.3) is 0 Å². The summed E-state index contributed by atoms with van der Waals surface area (Å²) in [6.45, 7) is 6.52. The average molecular weight is 671 g/mol. The molecule has 0 spiro atoms. The maximum absolute atomic E-state index is 13.4. The number of piperazine rings is 1. The summed E-state index contributed by atoms with van der Waals surface area (Å²) in [4.78, 5) is 40.5. The number of fused-ring (bicyclic) bond motifs is 10. The van der Waals surface area contributed by atoms with E-state index < -0.39 is 59.7 Å². The SMILES string of the molecule is CCCC(=O)O[C@H]1CS[C@@H]2c3c(OC(C)=O)c(C)c4c(c3[C@H](COC1=O)N1C2[C@H]2N[C@H](Cc3cc(C)c(OC)c(O)c32)[C@@H]1O)OCO4. The lowest BCUT2D eigenvalue weighted by Crippen LogP contribution is -2.69. The van der Waals surface area contributed by atoms with Crippen LogP contribution in [0.15, 0.2) is 6.07 Å². The van der Waals surface area contributed by atoms with Crippen molar-refractivity contribution < 1.29 is 53.0 Å². The van der Waals surface area contributed by atoms with Crippen LogP contribution in [-0.2, 0) is 30.3 Å². The van der Waals surface area contributed by atoms with Crippen LogP contribution in [0.25, 0.3) is 0 Å². The minimum absolute atomic E-state index is 0.00728. The highest BCUT2D eigenvalue weighted by atomic mass is 32.2. The van der Waals surface area contributed by atoms with E-state index in [4.69, 9.17) is 28.4 Å². The molecule has 8 rings (SSSR count). The first-order valence-corrected chi connectivity index (χ1v) is 16.8. The molecule has 2 aromatic carbocycles. The highest BCUT2D eigenvalue weighted by Crippen LogP contribution is 2.62. The number of aryl methyl sites for hydroxylation is 1. The quantitative estimate of drug-likeness (QED) is 0.314. The van der Waals surface area contributed by atoms with Gasteiger partial charge in [0.2, 0.25) is 12.9 Å². The van der Waals surface area contributed by atoms with Crippen LogP contribution in [0.1, 0.15) is 77.4 Å². The van der Waals surface area contributed by atoms with Crippen molar-refractivity contribution in [1.82, 2.24) is 10.2 Å². The summed E-state index contributed by atoms with van der Waals surface area (Å²) in [5, 5.41) is 26.8. The summed E-state index contributed by atoms with van der Waals surface area (Å²) in [5.74, 6) is -0.219. The van der Waals surface area contributed by atoms with Gasteiger partial charge in [0.05, 0.1) is 30.5 Å². The molecule has 0 aromatic heterocycles. The Morgan fingerprint density at radius 2 is 1.89 bits per heavy atom. The van der Waals surface area contributed by atoms with Gasteiger partial charge in [-0.2, -0.15) is 0 Å². The Balaban J connectivity index is 1.47. The highest BCUT2D eigenvalue weighted by Gasteiger charge is 2.58. The number of nitrogens with zero attached hydrogens (tertiary/aromatic N) is 1. The number of carbonyl (C=O) groups is 3. The van der Waals surface area contributed by atoms with Gasteiger partial charge in [0.1, 0.15) is 18.6 Å². The van der Waals surface area contributed by atoms with E-state index in [1.807, 2.05) is 24.8 Å². The van der Waals surface area contributed by atoms with Gasteiger partial charge in [0, 0.05) is 47.4 Å². The summed E-state index contributed by atoms with van der Waals surface area (Å²) >= 11 is 1.32. The fourth-order valence-electron chi connectivity index (χ4n) is 7.87. The number of nitrogens with one attached hydrogen (secondary N) is 1. The van der Waals surface area contributed by atoms with E-state index in [0.717, 1.165) is 11.1 Å². The molecule has 6 heterocycles. The van der Waals surface area contributed by atoms with Gasteiger partial charge < -0.3 is 44.0 Å². The van der Waals surface area contributed by atoms with E-state index in [0.29, 0.717) is 58.1 Å². The maximum Gasteiger partial charge on any atom is 0.348 e. The summed E-state index contributed by atoms with van der Waals surface area (Å²) < 4.78 is 35.0. The molecular weight excluding hydrogens is 632 g/mol. The zero-order valence-corrected chi connectivity index (χ0v) is 27.6. The van der Waals surface area contributed by atoms with E-state index in [9.17, 15) is 24.6 Å². The molecule has 2 aromatic rings. The molecule has 1 unspecified atom stereocenters. The molecule has 7 atom stereocenters. The second-order valence-electron chi connectivity index (χ2n) is 12.5. The van der Waals surface area contributed by atoms with Crippen molar-refractivity contribution in [2.75, 3.05) is 26.3 Å². The Kier molecular flexibility index (Phi) is 8.18. The molecule has 4 bridgehead atoms. The van der Waals surface area contributed by atoms with Gasteiger partial charge in [-0.05, 0) is 37.8 Å². The van der Waals surface area contributed by atoms with Crippen LogP contribution < -0.4 is 24.3 Å². The predicted octanol–water partition coefficient (Wildman–Crippen LogP) is 3.03. The topological polar surface area (TPSA) is 162 Å². The number of esters is 3. The molecule has 0 saturated carbocycles. The number of benzene rings is 2. The Morgan fingerprint density at radius 3 is 2.62 bits per heavy atom. The van der Waals surface area contributed by atoms with Gasteiger partial charge in [0.15, 0.2) is 23.0 Å². The van der Waals surface area contributed by atoms with Gasteiger partial charge >= 0.3 is 17.9 Å². The normalized spacial score (nSPS) is 28.8. The molecule has 2 fully saturated rings. The van der Waals surface area contributed by atoms with Crippen molar-refractivity contribution in [2.24, 2.45) is 0 Å². The van der Waals surface area contributed by atoms with Crippen LogP contribution in [0.5, 0.6) is 28.7 Å². The lowest BCUT2D eigenvalue weighted by molar-refractivity contribution is -0.173. The number of carbonyl (C=O) groups excluding carboxylic acids is 3. The number of hydrogen-bond acceptors (Lipinski definition) is 14. The number of aliphatic hydroxyl groups excluding tert-OH is 1. The van der Waals surface area contributed by atoms with Crippen LogP contribution in [0.3, 0.4) is 0 Å². The number of phenolic OH excluding ortho intramolecular Hbond substituents is 1. The number of phenols is 1. The molecular formula is C33H38N2O11S. The first kappa shape index (κ1) is 31.9. The summed E-state index contributed by atoms with van der Waals surface area (Å²) in [6.07, 6.45) is -1.12. The number of methoxy groups -OCH3 is 1. The number of thioether (sulfide) groups is 1. The van der Waals surface area contributed by atoms with Crippen molar-refractivity contribution >= 4 is 29.7 Å².